The maximum atomic E-state index is 6.25. The molecule has 2 aromatic carbocycles. The van der Waals surface area contributed by atoms with Gasteiger partial charge in [-0.05, 0) is 40.8 Å². The summed E-state index contributed by atoms with van der Waals surface area (Å²) >= 11 is 8.51. The highest BCUT2D eigenvalue weighted by molar-refractivity contribution is 14.1. The summed E-state index contributed by atoms with van der Waals surface area (Å²) in [7, 11) is 0. The molecule has 0 bridgehead atoms. The van der Waals surface area contributed by atoms with Crippen molar-refractivity contribution in [1.82, 2.24) is 5.16 Å². The van der Waals surface area contributed by atoms with Crippen molar-refractivity contribution < 1.29 is 4.52 Å². The van der Waals surface area contributed by atoms with Crippen LogP contribution in [-0.4, -0.2) is 5.16 Å². The van der Waals surface area contributed by atoms with E-state index in [9.17, 15) is 0 Å². The van der Waals surface area contributed by atoms with Crippen molar-refractivity contribution in [2.45, 2.75) is 0 Å². The number of hydrogen-bond donors (Lipinski definition) is 1. The third-order valence-electron chi connectivity index (χ3n) is 2.96. The molecule has 0 aliphatic heterocycles. The second kappa shape index (κ2) is 5.46. The summed E-state index contributed by atoms with van der Waals surface area (Å²) in [5.41, 5.74) is 9.14. The topological polar surface area (TPSA) is 52.0 Å². The molecule has 0 aliphatic rings. The number of nitrogens with zero attached hydrogens (tertiary/aromatic N) is 1. The normalized spacial score (nSPS) is 10.7. The van der Waals surface area contributed by atoms with Crippen LogP contribution in [0.2, 0.25) is 5.02 Å². The average Bonchev–Trinajstić information content (AvgIpc) is 2.81. The highest BCUT2D eigenvalue weighted by Crippen LogP contribution is 2.39. The first-order valence-electron chi connectivity index (χ1n) is 5.93. The lowest BCUT2D eigenvalue weighted by atomic mass is 10.0. The second-order valence-corrected chi connectivity index (χ2v) is 5.91. The molecule has 0 atom stereocenters. The molecular weight excluding hydrogens is 387 g/mol. The maximum Gasteiger partial charge on any atom is 0.230 e. The minimum Gasteiger partial charge on any atom is -0.367 e. The fourth-order valence-corrected chi connectivity index (χ4v) is 2.83. The number of anilines is 1. The molecule has 1 aromatic heterocycles. The minimum absolute atomic E-state index is 0.270. The molecule has 3 nitrogen and oxygen atoms in total. The maximum absolute atomic E-state index is 6.25. The molecule has 0 unspecified atom stereocenters. The Hall–Kier alpha value is -1.53. The first-order valence-corrected chi connectivity index (χ1v) is 7.38. The summed E-state index contributed by atoms with van der Waals surface area (Å²) in [4.78, 5) is 0. The van der Waals surface area contributed by atoms with Gasteiger partial charge in [0, 0.05) is 19.7 Å². The van der Waals surface area contributed by atoms with Crippen molar-refractivity contribution in [3.05, 3.63) is 57.1 Å². The Morgan fingerprint density at radius 2 is 1.90 bits per heavy atom. The zero-order chi connectivity index (χ0) is 14.1. The molecular formula is C15H10ClIN2O. The average molecular weight is 397 g/mol. The number of rotatable bonds is 2. The van der Waals surface area contributed by atoms with E-state index in [2.05, 4.69) is 27.7 Å². The third kappa shape index (κ3) is 2.41. The van der Waals surface area contributed by atoms with E-state index in [1.54, 1.807) is 0 Å². The quantitative estimate of drug-likeness (QED) is 0.630. The predicted molar refractivity (Wildman–Crippen MR) is 89.5 cm³/mol. The Bertz CT molecular complexity index is 770. The highest BCUT2D eigenvalue weighted by Gasteiger charge is 2.19. The summed E-state index contributed by atoms with van der Waals surface area (Å²) in [5.74, 6) is 0.270. The van der Waals surface area contributed by atoms with Gasteiger partial charge in [-0.2, -0.15) is 0 Å². The van der Waals surface area contributed by atoms with Gasteiger partial charge in [-0.25, -0.2) is 0 Å². The summed E-state index contributed by atoms with van der Waals surface area (Å²) < 4.78 is 6.28. The van der Waals surface area contributed by atoms with Crippen LogP contribution in [0.1, 0.15) is 0 Å². The Morgan fingerprint density at radius 1 is 1.10 bits per heavy atom. The molecule has 2 N–H and O–H groups in total. The summed E-state index contributed by atoms with van der Waals surface area (Å²) in [6.07, 6.45) is 0. The van der Waals surface area contributed by atoms with E-state index in [1.165, 1.54) is 0 Å². The molecule has 0 saturated heterocycles. The van der Waals surface area contributed by atoms with E-state index >= 15 is 0 Å². The van der Waals surface area contributed by atoms with Crippen LogP contribution in [0.4, 0.5) is 5.88 Å². The molecule has 100 valence electrons. The Kier molecular flexibility index (Phi) is 3.67. The van der Waals surface area contributed by atoms with E-state index in [-0.39, 0.29) is 5.88 Å². The predicted octanol–water partition coefficient (Wildman–Crippen LogP) is 4.85. The van der Waals surface area contributed by atoms with Crippen molar-refractivity contribution in [1.29, 1.82) is 0 Å². The van der Waals surface area contributed by atoms with Crippen LogP contribution in [0, 0.1) is 3.57 Å². The number of nitrogens with two attached hydrogens (primary N) is 1. The van der Waals surface area contributed by atoms with Crippen LogP contribution >= 0.6 is 34.2 Å². The Balaban J connectivity index is 2.23. The second-order valence-electron chi connectivity index (χ2n) is 4.26. The number of halogens is 2. The van der Waals surface area contributed by atoms with Gasteiger partial charge in [0.2, 0.25) is 5.88 Å². The minimum atomic E-state index is 0.270. The number of benzene rings is 2. The van der Waals surface area contributed by atoms with Gasteiger partial charge in [-0.15, -0.1) is 0 Å². The molecule has 0 amide bonds. The zero-order valence-electron chi connectivity index (χ0n) is 10.3. The van der Waals surface area contributed by atoms with Crippen LogP contribution in [0.25, 0.3) is 22.4 Å². The van der Waals surface area contributed by atoms with Gasteiger partial charge in [0.1, 0.15) is 5.69 Å². The van der Waals surface area contributed by atoms with E-state index in [0.717, 1.165) is 20.3 Å². The standard InChI is InChI=1S/C15H10ClIN2O/c16-12-7-2-1-6-11(12)13-14(19-20-15(13)18)9-4-3-5-10(17)8-9/h1-8H,18H2. The van der Waals surface area contributed by atoms with Crippen molar-refractivity contribution in [2.75, 3.05) is 5.73 Å². The molecule has 0 fully saturated rings. The molecule has 5 heteroatoms. The molecule has 20 heavy (non-hydrogen) atoms. The highest BCUT2D eigenvalue weighted by atomic mass is 127. The smallest absolute Gasteiger partial charge is 0.230 e. The largest absolute Gasteiger partial charge is 0.367 e. The molecule has 1 heterocycles. The van der Waals surface area contributed by atoms with Gasteiger partial charge in [0.25, 0.3) is 0 Å². The van der Waals surface area contributed by atoms with Crippen molar-refractivity contribution in [3.8, 4) is 22.4 Å². The molecule has 3 aromatic rings. The van der Waals surface area contributed by atoms with Crippen LogP contribution in [-0.2, 0) is 0 Å². The van der Waals surface area contributed by atoms with E-state index in [4.69, 9.17) is 21.9 Å². The fourth-order valence-electron chi connectivity index (χ4n) is 2.06. The van der Waals surface area contributed by atoms with Crippen molar-refractivity contribution >= 4 is 40.1 Å². The van der Waals surface area contributed by atoms with Crippen LogP contribution in [0.15, 0.2) is 53.1 Å². The van der Waals surface area contributed by atoms with Crippen LogP contribution in [0.5, 0.6) is 0 Å². The first-order chi connectivity index (χ1) is 9.66. The van der Waals surface area contributed by atoms with Gasteiger partial charge in [-0.1, -0.05) is 47.1 Å². The van der Waals surface area contributed by atoms with Gasteiger partial charge >= 0.3 is 0 Å². The Labute approximate surface area is 134 Å². The molecule has 0 radical (unpaired) electrons. The lowest BCUT2D eigenvalue weighted by Gasteiger charge is -2.05. The number of nitrogen functional groups attached to an aromatic ring is 1. The zero-order valence-corrected chi connectivity index (χ0v) is 13.2. The van der Waals surface area contributed by atoms with Crippen LogP contribution in [0.3, 0.4) is 0 Å². The van der Waals surface area contributed by atoms with Gasteiger partial charge in [-0.3, -0.25) is 0 Å². The van der Waals surface area contributed by atoms with E-state index < -0.39 is 0 Å². The van der Waals surface area contributed by atoms with E-state index in [1.807, 2.05) is 48.5 Å². The molecule has 0 spiro atoms. The number of hydrogen-bond acceptors (Lipinski definition) is 3. The summed E-state index contributed by atoms with van der Waals surface area (Å²) in [6, 6.07) is 15.5. The Morgan fingerprint density at radius 3 is 2.65 bits per heavy atom. The lowest BCUT2D eigenvalue weighted by molar-refractivity contribution is 0.439. The monoisotopic (exact) mass is 396 g/mol. The van der Waals surface area contributed by atoms with Crippen LogP contribution < -0.4 is 5.73 Å². The SMILES string of the molecule is Nc1onc(-c2cccc(I)c2)c1-c1ccccc1Cl. The fraction of sp³-hybridized carbons (Fsp3) is 0. The first kappa shape index (κ1) is 13.5. The molecule has 0 saturated carbocycles. The van der Waals surface area contributed by atoms with Gasteiger partial charge < -0.3 is 10.3 Å². The number of aromatic nitrogens is 1. The van der Waals surface area contributed by atoms with E-state index in [0.29, 0.717) is 10.7 Å². The third-order valence-corrected chi connectivity index (χ3v) is 3.96. The molecule has 3 rings (SSSR count). The van der Waals surface area contributed by atoms with Crippen molar-refractivity contribution in [3.63, 3.8) is 0 Å². The van der Waals surface area contributed by atoms with Crippen molar-refractivity contribution in [2.24, 2.45) is 0 Å². The lowest BCUT2D eigenvalue weighted by Crippen LogP contribution is -1.89. The van der Waals surface area contributed by atoms with Gasteiger partial charge in [0.05, 0.1) is 5.56 Å². The molecule has 0 aliphatic carbocycles. The van der Waals surface area contributed by atoms with Gasteiger partial charge in [0.15, 0.2) is 0 Å². The summed E-state index contributed by atoms with van der Waals surface area (Å²) in [6.45, 7) is 0. The summed E-state index contributed by atoms with van der Waals surface area (Å²) in [5, 5.41) is 4.70.